The Morgan fingerprint density at radius 1 is 0.960 bits per heavy atom. The molecule has 0 radical (unpaired) electrons. The highest BCUT2D eigenvalue weighted by molar-refractivity contribution is 7.52. The van der Waals surface area contributed by atoms with Gasteiger partial charge in [0, 0.05) is 49.1 Å². The van der Waals surface area contributed by atoms with Crippen molar-refractivity contribution in [1.29, 1.82) is 0 Å². The number of alkyl halides is 2. The van der Waals surface area contributed by atoms with E-state index in [-0.39, 0.29) is 34.7 Å². The quantitative estimate of drug-likeness (QED) is 0.223. The van der Waals surface area contributed by atoms with E-state index in [0.717, 1.165) is 34.6 Å². The summed E-state index contributed by atoms with van der Waals surface area (Å²) in [4.78, 5) is 77.2. The molecular weight excluding hydrogens is 689 g/mol. The van der Waals surface area contributed by atoms with Gasteiger partial charge in [0.2, 0.25) is 17.7 Å². The van der Waals surface area contributed by atoms with Crippen molar-refractivity contribution in [3.63, 3.8) is 0 Å². The average Bonchev–Trinajstić information content (AvgIpc) is 3.72. The fraction of sp³-hybridized carbons (Fsp3) is 0.314. The van der Waals surface area contributed by atoms with Gasteiger partial charge in [-0.25, -0.2) is 0 Å². The maximum atomic E-state index is 14.4. The van der Waals surface area contributed by atoms with Crippen LogP contribution in [0.3, 0.4) is 0 Å². The Hall–Kier alpha value is -4.49. The van der Waals surface area contributed by atoms with E-state index < -0.39 is 42.7 Å². The number of halogens is 2. The number of carbonyl (C=O) groups is 4. The maximum Gasteiger partial charge on any atom is 0.399 e. The molecule has 3 heterocycles. The molecule has 15 heteroatoms. The molecule has 4 amide bonds. The number of hydrogen-bond acceptors (Lipinski definition) is 6. The van der Waals surface area contributed by atoms with Gasteiger partial charge >= 0.3 is 13.3 Å². The van der Waals surface area contributed by atoms with Crippen molar-refractivity contribution in [2.45, 2.75) is 50.0 Å². The lowest BCUT2D eigenvalue weighted by atomic mass is 10.1. The molecule has 3 aromatic carbocycles. The summed E-state index contributed by atoms with van der Waals surface area (Å²) in [5.41, 5.74) is -2.65. The molecule has 2 fully saturated rings. The first-order chi connectivity index (χ1) is 23.7. The van der Waals surface area contributed by atoms with Crippen LogP contribution in [0.5, 0.6) is 0 Å². The van der Waals surface area contributed by atoms with E-state index in [0.29, 0.717) is 36.2 Å². The van der Waals surface area contributed by atoms with Crippen LogP contribution >= 0.6 is 18.9 Å². The van der Waals surface area contributed by atoms with Crippen LogP contribution in [0.25, 0.3) is 21.2 Å². The molecule has 0 bridgehead atoms. The van der Waals surface area contributed by atoms with E-state index in [2.05, 4.69) is 5.32 Å². The van der Waals surface area contributed by atoms with Crippen molar-refractivity contribution in [2.75, 3.05) is 25.0 Å². The largest absolute Gasteiger partial charge is 0.399 e. The molecule has 6 rings (SSSR count). The van der Waals surface area contributed by atoms with E-state index in [1.54, 1.807) is 11.9 Å². The molecule has 3 atom stereocenters. The van der Waals surface area contributed by atoms with Crippen molar-refractivity contribution in [2.24, 2.45) is 0 Å². The molecule has 2 saturated heterocycles. The number of nitrogens with zero attached hydrogens (tertiary/aromatic N) is 3. The Morgan fingerprint density at radius 2 is 1.64 bits per heavy atom. The van der Waals surface area contributed by atoms with E-state index in [4.69, 9.17) is 9.79 Å². The molecular formula is C35H35F2N4O7PS. The molecule has 262 valence electrons. The van der Waals surface area contributed by atoms with Crippen LogP contribution in [0.2, 0.25) is 0 Å². The molecule has 4 aromatic rings. The van der Waals surface area contributed by atoms with Crippen molar-refractivity contribution < 1.29 is 42.3 Å². The number of carbonyl (C=O) groups excluding carboxylic acids is 4. The minimum absolute atomic E-state index is 0.0603. The Kier molecular flexibility index (Phi) is 9.66. The van der Waals surface area contributed by atoms with Crippen molar-refractivity contribution in [3.05, 3.63) is 89.3 Å². The van der Waals surface area contributed by atoms with Crippen LogP contribution in [-0.4, -0.2) is 81.5 Å². The summed E-state index contributed by atoms with van der Waals surface area (Å²) in [7, 11) is -4.15. The molecule has 11 nitrogen and oxygen atoms in total. The summed E-state index contributed by atoms with van der Waals surface area (Å²) in [5, 5.41) is 2.87. The highest BCUT2D eigenvalue weighted by atomic mass is 32.1. The third kappa shape index (κ3) is 6.80. The summed E-state index contributed by atoms with van der Waals surface area (Å²) >= 11 is 0.947. The monoisotopic (exact) mass is 724 g/mol. The van der Waals surface area contributed by atoms with E-state index in [1.165, 1.54) is 28.9 Å². The zero-order valence-electron chi connectivity index (χ0n) is 27.2. The van der Waals surface area contributed by atoms with Gasteiger partial charge in [0.15, 0.2) is 0 Å². The molecule has 0 spiro atoms. The minimum Gasteiger partial charge on any atom is -0.340 e. The number of thiophene rings is 1. The predicted octanol–water partition coefficient (Wildman–Crippen LogP) is 5.17. The number of fused-ring (bicyclic) bond motifs is 2. The van der Waals surface area contributed by atoms with Gasteiger partial charge in [-0.05, 0) is 66.1 Å². The number of likely N-dealkylation sites (N-methyl/N-ethyl adjacent to an activating group) is 1. The van der Waals surface area contributed by atoms with Crippen molar-refractivity contribution in [3.8, 4) is 11.1 Å². The number of rotatable bonds is 7. The SMILES string of the molecule is CC(=O)N1CC[C@H]2CC[C@@H](C(=O)N(C)c3ccc(-c4ccccc4)cc3)N2C(=O)[C@@H](NC(=O)c2cc3cc(C(F)(F)P(=O)(O)O)ccc3s2)C1. The molecule has 1 aromatic heterocycles. The van der Waals surface area contributed by atoms with Gasteiger partial charge in [-0.2, -0.15) is 8.78 Å². The summed E-state index contributed by atoms with van der Waals surface area (Å²) < 4.78 is 40.5. The minimum atomic E-state index is -5.80. The van der Waals surface area contributed by atoms with Gasteiger partial charge in [-0.15, -0.1) is 11.3 Å². The molecule has 3 N–H and O–H groups in total. The zero-order valence-corrected chi connectivity index (χ0v) is 28.9. The van der Waals surface area contributed by atoms with Gasteiger partial charge in [-0.3, -0.25) is 23.7 Å². The Bertz CT molecular complexity index is 2000. The molecule has 0 aliphatic carbocycles. The normalized spacial score (nSPS) is 19.9. The van der Waals surface area contributed by atoms with Gasteiger partial charge in [0.25, 0.3) is 5.91 Å². The van der Waals surface area contributed by atoms with E-state index >= 15 is 0 Å². The fourth-order valence-corrected chi connectivity index (χ4v) is 8.03. The van der Waals surface area contributed by atoms with Crippen LogP contribution in [0.1, 0.15) is 41.4 Å². The average molecular weight is 725 g/mol. The number of hydrogen-bond donors (Lipinski definition) is 3. The van der Waals surface area contributed by atoms with Crippen LogP contribution in [0.15, 0.2) is 78.9 Å². The number of benzene rings is 3. The second-order valence-electron chi connectivity index (χ2n) is 12.5. The van der Waals surface area contributed by atoms with Gasteiger partial charge < -0.3 is 29.8 Å². The highest BCUT2D eigenvalue weighted by Gasteiger charge is 2.50. The molecule has 50 heavy (non-hydrogen) atoms. The standard InChI is InChI=1S/C35H35F2N4O7PS/c1-21(42)40-17-16-27-13-14-29(34(45)39(2)26-11-8-23(9-12-26)22-6-4-3-5-7-22)41(27)33(44)28(20-40)38-32(43)31-19-24-18-25(10-15-30(24)50-31)35(36,37)49(46,47)48/h3-12,15,18-19,27-29H,13-14,16-17,20H2,1-2H3,(H,38,43)(H2,46,47,48)/t27-,28+,29+/m1/s1. The summed E-state index contributed by atoms with van der Waals surface area (Å²) in [5.74, 6) is -1.78. The van der Waals surface area contributed by atoms with Crippen molar-refractivity contribution in [1.82, 2.24) is 15.1 Å². The molecule has 2 aliphatic heterocycles. The van der Waals surface area contributed by atoms with Gasteiger partial charge in [0.1, 0.15) is 12.1 Å². The molecule has 2 aliphatic rings. The first kappa shape index (κ1) is 35.3. The number of nitrogens with one attached hydrogen (secondary N) is 1. The predicted molar refractivity (Wildman–Crippen MR) is 185 cm³/mol. The lowest BCUT2D eigenvalue weighted by Gasteiger charge is -2.39. The Labute approximate surface area is 290 Å². The van der Waals surface area contributed by atoms with Gasteiger partial charge in [0.05, 0.1) is 4.88 Å². The fourth-order valence-electron chi connectivity index (χ4n) is 6.61. The second kappa shape index (κ2) is 13.7. The third-order valence-electron chi connectivity index (χ3n) is 9.37. The van der Waals surface area contributed by atoms with Crippen LogP contribution < -0.4 is 10.2 Å². The first-order valence-electron chi connectivity index (χ1n) is 15.9. The Balaban J connectivity index is 1.23. The lowest BCUT2D eigenvalue weighted by Crippen LogP contribution is -2.61. The topological polar surface area (TPSA) is 148 Å². The zero-order chi connectivity index (χ0) is 36.0. The highest BCUT2D eigenvalue weighted by Crippen LogP contribution is 2.59. The van der Waals surface area contributed by atoms with Crippen molar-refractivity contribution >= 4 is 58.3 Å². The summed E-state index contributed by atoms with van der Waals surface area (Å²) in [6.45, 7) is 1.55. The van der Waals surface area contributed by atoms with Crippen LogP contribution in [-0.2, 0) is 24.6 Å². The third-order valence-corrected chi connectivity index (χ3v) is 11.5. The van der Waals surface area contributed by atoms with Crippen LogP contribution in [0.4, 0.5) is 14.5 Å². The maximum absolute atomic E-state index is 14.4. The number of anilines is 1. The van der Waals surface area contributed by atoms with E-state index in [9.17, 15) is 32.5 Å². The first-order valence-corrected chi connectivity index (χ1v) is 18.4. The van der Waals surface area contributed by atoms with Crippen LogP contribution in [0, 0.1) is 0 Å². The summed E-state index contributed by atoms with van der Waals surface area (Å²) in [6, 6.07) is 19.3. The van der Waals surface area contributed by atoms with Gasteiger partial charge in [-0.1, -0.05) is 48.5 Å². The number of amides is 4. The molecule has 0 saturated carbocycles. The smallest absolute Gasteiger partial charge is 0.340 e. The lowest BCUT2D eigenvalue weighted by molar-refractivity contribution is -0.144. The van der Waals surface area contributed by atoms with E-state index in [1.807, 2.05) is 54.6 Å². The summed E-state index contributed by atoms with van der Waals surface area (Å²) in [6.07, 6.45) is 1.40. The second-order valence-corrected chi connectivity index (χ2v) is 15.3. The molecule has 0 unspecified atom stereocenters. The Morgan fingerprint density at radius 3 is 2.30 bits per heavy atom.